The smallest absolute Gasteiger partial charge is 0.0466 e. The number of hydrogen-bond donors (Lipinski definition) is 0. The maximum Gasteiger partial charge on any atom is 0.0466 e. The Bertz CT molecular complexity index is 82.3. The fourth-order valence-corrected chi connectivity index (χ4v) is 1.21. The van der Waals surface area contributed by atoms with Crippen LogP contribution in [-0.4, -0.2) is 26.4 Å². The molecule has 0 aromatic carbocycles. The largest absolute Gasteiger partial charge is 0.381 e. The van der Waals surface area contributed by atoms with E-state index in [0.29, 0.717) is 0 Å². The van der Waals surface area contributed by atoms with Crippen LogP contribution in [-0.2, 0) is 9.47 Å². The minimum atomic E-state index is 0.895. The number of ether oxygens (including phenoxy) is 2. The first-order valence-corrected chi connectivity index (χ1v) is 6.07. The van der Waals surface area contributed by atoms with Gasteiger partial charge in [-0.1, -0.05) is 26.7 Å². The van der Waals surface area contributed by atoms with Crippen molar-refractivity contribution in [2.75, 3.05) is 26.4 Å². The van der Waals surface area contributed by atoms with Crippen molar-refractivity contribution in [3.05, 3.63) is 0 Å². The summed E-state index contributed by atoms with van der Waals surface area (Å²) in [7, 11) is 0. The standard InChI is InChI=1S/C12H26O2/c1-3-5-6-10-14-12-8-7-11-13-9-4-2/h3-12H2,1-2H3. The van der Waals surface area contributed by atoms with Gasteiger partial charge in [-0.25, -0.2) is 0 Å². The first-order chi connectivity index (χ1) is 6.91. The van der Waals surface area contributed by atoms with E-state index in [1.165, 1.54) is 19.3 Å². The van der Waals surface area contributed by atoms with Crippen molar-refractivity contribution in [1.29, 1.82) is 0 Å². The van der Waals surface area contributed by atoms with E-state index >= 15 is 0 Å². The van der Waals surface area contributed by atoms with Gasteiger partial charge in [-0.2, -0.15) is 0 Å². The molecular weight excluding hydrogens is 176 g/mol. The Balaban J connectivity index is 2.78. The third kappa shape index (κ3) is 11.9. The summed E-state index contributed by atoms with van der Waals surface area (Å²) in [6, 6.07) is 0. The topological polar surface area (TPSA) is 18.5 Å². The number of hydrogen-bond acceptors (Lipinski definition) is 2. The SMILES string of the molecule is CCCCCOCCCCOCCC. The minimum Gasteiger partial charge on any atom is -0.381 e. The van der Waals surface area contributed by atoms with E-state index in [0.717, 1.165) is 45.7 Å². The molecule has 0 aliphatic heterocycles. The molecule has 0 saturated heterocycles. The highest BCUT2D eigenvalue weighted by Crippen LogP contribution is 1.96. The Labute approximate surface area is 89.0 Å². The lowest BCUT2D eigenvalue weighted by atomic mass is 10.3. The molecule has 0 fully saturated rings. The lowest BCUT2D eigenvalue weighted by Gasteiger charge is -2.04. The fourth-order valence-electron chi connectivity index (χ4n) is 1.21. The van der Waals surface area contributed by atoms with E-state index < -0.39 is 0 Å². The van der Waals surface area contributed by atoms with Crippen molar-refractivity contribution in [3.63, 3.8) is 0 Å². The third-order valence-corrected chi connectivity index (χ3v) is 2.07. The lowest BCUT2D eigenvalue weighted by Crippen LogP contribution is -2.00. The average molecular weight is 202 g/mol. The molecule has 0 rings (SSSR count). The van der Waals surface area contributed by atoms with Crippen molar-refractivity contribution in [3.8, 4) is 0 Å². The molecule has 2 heteroatoms. The Morgan fingerprint density at radius 1 is 0.571 bits per heavy atom. The highest BCUT2D eigenvalue weighted by Gasteiger charge is 1.90. The van der Waals surface area contributed by atoms with E-state index in [-0.39, 0.29) is 0 Å². The zero-order chi connectivity index (χ0) is 10.5. The van der Waals surface area contributed by atoms with E-state index in [9.17, 15) is 0 Å². The predicted octanol–water partition coefficient (Wildman–Crippen LogP) is 3.40. The summed E-state index contributed by atoms with van der Waals surface area (Å²) in [4.78, 5) is 0. The molecule has 86 valence electrons. The van der Waals surface area contributed by atoms with Crippen LogP contribution < -0.4 is 0 Å². The minimum absolute atomic E-state index is 0.895. The third-order valence-electron chi connectivity index (χ3n) is 2.07. The van der Waals surface area contributed by atoms with Crippen LogP contribution in [0.4, 0.5) is 0 Å². The summed E-state index contributed by atoms with van der Waals surface area (Å²) in [5, 5.41) is 0. The molecule has 0 aromatic rings. The Hall–Kier alpha value is -0.0800. The van der Waals surface area contributed by atoms with Crippen molar-refractivity contribution >= 4 is 0 Å². The molecule has 0 radical (unpaired) electrons. The quantitative estimate of drug-likeness (QED) is 0.478. The van der Waals surface area contributed by atoms with Gasteiger partial charge in [-0.3, -0.25) is 0 Å². The van der Waals surface area contributed by atoms with Gasteiger partial charge in [0.15, 0.2) is 0 Å². The van der Waals surface area contributed by atoms with E-state index in [1.54, 1.807) is 0 Å². The van der Waals surface area contributed by atoms with Crippen molar-refractivity contribution in [2.24, 2.45) is 0 Å². The molecule has 0 atom stereocenters. The molecule has 0 heterocycles. The Kier molecular flexibility index (Phi) is 12.8. The van der Waals surface area contributed by atoms with Crippen molar-refractivity contribution in [2.45, 2.75) is 52.4 Å². The summed E-state index contributed by atoms with van der Waals surface area (Å²) in [6.07, 6.45) is 7.16. The molecule has 14 heavy (non-hydrogen) atoms. The molecule has 0 aliphatic rings. The van der Waals surface area contributed by atoms with Crippen molar-refractivity contribution < 1.29 is 9.47 Å². The molecule has 2 nitrogen and oxygen atoms in total. The first kappa shape index (κ1) is 13.9. The van der Waals surface area contributed by atoms with Crippen LogP contribution in [0.15, 0.2) is 0 Å². The maximum atomic E-state index is 5.49. The van der Waals surface area contributed by atoms with Crippen LogP contribution in [0.3, 0.4) is 0 Å². The maximum absolute atomic E-state index is 5.49. The molecule has 0 bridgehead atoms. The highest BCUT2D eigenvalue weighted by molar-refractivity contribution is 4.40. The molecule has 0 saturated carbocycles. The first-order valence-electron chi connectivity index (χ1n) is 6.07. The second-order valence-corrected chi connectivity index (χ2v) is 3.64. The van der Waals surface area contributed by atoms with E-state index in [4.69, 9.17) is 9.47 Å². The molecule has 0 spiro atoms. The average Bonchev–Trinajstić information content (AvgIpc) is 2.21. The van der Waals surface area contributed by atoms with Crippen LogP contribution in [0.25, 0.3) is 0 Å². The normalized spacial score (nSPS) is 10.7. The Morgan fingerprint density at radius 2 is 1.07 bits per heavy atom. The monoisotopic (exact) mass is 202 g/mol. The van der Waals surface area contributed by atoms with E-state index in [1.807, 2.05) is 0 Å². The summed E-state index contributed by atoms with van der Waals surface area (Å²) in [5.74, 6) is 0. The van der Waals surface area contributed by atoms with Gasteiger partial charge in [0.25, 0.3) is 0 Å². The molecule has 0 unspecified atom stereocenters. The van der Waals surface area contributed by atoms with Gasteiger partial charge in [0, 0.05) is 26.4 Å². The summed E-state index contributed by atoms with van der Waals surface area (Å²) in [6.45, 7) is 7.98. The summed E-state index contributed by atoms with van der Waals surface area (Å²) < 4.78 is 10.9. The summed E-state index contributed by atoms with van der Waals surface area (Å²) in [5.41, 5.74) is 0. The molecule has 0 amide bonds. The number of unbranched alkanes of at least 4 members (excludes halogenated alkanes) is 3. The second-order valence-electron chi connectivity index (χ2n) is 3.64. The van der Waals surface area contributed by atoms with Gasteiger partial charge in [0.05, 0.1) is 0 Å². The zero-order valence-electron chi connectivity index (χ0n) is 9.89. The van der Waals surface area contributed by atoms with Gasteiger partial charge < -0.3 is 9.47 Å². The van der Waals surface area contributed by atoms with Crippen LogP contribution in [0, 0.1) is 0 Å². The molecule has 0 N–H and O–H groups in total. The van der Waals surface area contributed by atoms with Crippen LogP contribution in [0.5, 0.6) is 0 Å². The fraction of sp³-hybridized carbons (Fsp3) is 1.00. The lowest BCUT2D eigenvalue weighted by molar-refractivity contribution is 0.101. The van der Waals surface area contributed by atoms with Crippen LogP contribution in [0.1, 0.15) is 52.4 Å². The van der Waals surface area contributed by atoms with Gasteiger partial charge in [-0.15, -0.1) is 0 Å². The van der Waals surface area contributed by atoms with Gasteiger partial charge in [-0.05, 0) is 25.7 Å². The zero-order valence-corrected chi connectivity index (χ0v) is 9.89. The van der Waals surface area contributed by atoms with Crippen LogP contribution >= 0.6 is 0 Å². The van der Waals surface area contributed by atoms with E-state index in [2.05, 4.69) is 13.8 Å². The molecular formula is C12H26O2. The predicted molar refractivity (Wildman–Crippen MR) is 60.7 cm³/mol. The van der Waals surface area contributed by atoms with Gasteiger partial charge in [0.2, 0.25) is 0 Å². The molecule has 0 aliphatic carbocycles. The number of rotatable bonds is 11. The van der Waals surface area contributed by atoms with Gasteiger partial charge >= 0.3 is 0 Å². The summed E-state index contributed by atoms with van der Waals surface area (Å²) >= 11 is 0. The van der Waals surface area contributed by atoms with Crippen LogP contribution in [0.2, 0.25) is 0 Å². The second kappa shape index (κ2) is 12.9. The van der Waals surface area contributed by atoms with Gasteiger partial charge in [0.1, 0.15) is 0 Å². The Morgan fingerprint density at radius 3 is 1.57 bits per heavy atom. The molecule has 0 aromatic heterocycles. The highest BCUT2D eigenvalue weighted by atomic mass is 16.5. The van der Waals surface area contributed by atoms with Crippen molar-refractivity contribution in [1.82, 2.24) is 0 Å².